The van der Waals surface area contributed by atoms with Gasteiger partial charge in [0.2, 0.25) is 0 Å². The SMILES string of the molecule is CCc1nn(C)c(CSc2cccs2)c1Br. The second kappa shape index (κ2) is 5.38. The number of hydrogen-bond donors (Lipinski definition) is 0. The molecule has 0 amide bonds. The van der Waals surface area contributed by atoms with Crippen molar-refractivity contribution < 1.29 is 0 Å². The second-order valence-electron chi connectivity index (χ2n) is 3.41. The van der Waals surface area contributed by atoms with Crippen LogP contribution < -0.4 is 0 Å². The topological polar surface area (TPSA) is 17.8 Å². The van der Waals surface area contributed by atoms with Crippen molar-refractivity contribution >= 4 is 39.0 Å². The largest absolute Gasteiger partial charge is 0.270 e. The fourth-order valence-electron chi connectivity index (χ4n) is 1.46. The first kappa shape index (κ1) is 12.2. The van der Waals surface area contributed by atoms with E-state index in [9.17, 15) is 0 Å². The number of thioether (sulfide) groups is 1. The average Bonchev–Trinajstić information content (AvgIpc) is 2.86. The molecule has 0 aromatic carbocycles. The molecule has 2 nitrogen and oxygen atoms in total. The molecule has 0 saturated carbocycles. The minimum absolute atomic E-state index is 0.963. The molecule has 0 saturated heterocycles. The van der Waals surface area contributed by atoms with Gasteiger partial charge in [-0.1, -0.05) is 13.0 Å². The van der Waals surface area contributed by atoms with Gasteiger partial charge in [0.25, 0.3) is 0 Å². The predicted molar refractivity (Wildman–Crippen MR) is 74.2 cm³/mol. The van der Waals surface area contributed by atoms with Gasteiger partial charge in [0, 0.05) is 12.8 Å². The Bertz CT molecular complexity index is 463. The van der Waals surface area contributed by atoms with Gasteiger partial charge in [-0.15, -0.1) is 23.1 Å². The molecule has 0 aliphatic carbocycles. The van der Waals surface area contributed by atoms with E-state index < -0.39 is 0 Å². The molecule has 16 heavy (non-hydrogen) atoms. The highest BCUT2D eigenvalue weighted by Gasteiger charge is 2.12. The molecule has 0 unspecified atom stereocenters. The molecule has 2 aromatic heterocycles. The standard InChI is InChI=1S/C11H13BrN2S2/c1-3-8-11(12)9(14(2)13-8)7-16-10-5-4-6-15-10/h4-6H,3,7H2,1-2H3. The summed E-state index contributed by atoms with van der Waals surface area (Å²) >= 11 is 7.28. The molecule has 0 aliphatic rings. The zero-order chi connectivity index (χ0) is 11.5. The fraction of sp³-hybridized carbons (Fsp3) is 0.364. The van der Waals surface area contributed by atoms with Crippen LogP contribution in [0.15, 0.2) is 26.2 Å². The molecule has 2 heterocycles. The molecular weight excluding hydrogens is 304 g/mol. The molecule has 86 valence electrons. The van der Waals surface area contributed by atoms with Crippen molar-refractivity contribution in [2.45, 2.75) is 23.3 Å². The van der Waals surface area contributed by atoms with E-state index in [4.69, 9.17) is 0 Å². The molecule has 0 N–H and O–H groups in total. The van der Waals surface area contributed by atoms with Crippen LogP contribution in [-0.4, -0.2) is 9.78 Å². The summed E-state index contributed by atoms with van der Waals surface area (Å²) in [4.78, 5) is 0. The molecule has 0 bridgehead atoms. The predicted octanol–water partition coefficient (Wildman–Crippen LogP) is 4.10. The highest BCUT2D eigenvalue weighted by Crippen LogP contribution is 2.31. The van der Waals surface area contributed by atoms with E-state index in [0.29, 0.717) is 0 Å². The molecule has 0 atom stereocenters. The Kier molecular flexibility index (Phi) is 4.10. The smallest absolute Gasteiger partial charge is 0.0767 e. The third-order valence-electron chi connectivity index (χ3n) is 2.35. The quantitative estimate of drug-likeness (QED) is 0.790. The van der Waals surface area contributed by atoms with E-state index in [0.717, 1.165) is 17.9 Å². The number of aromatic nitrogens is 2. The van der Waals surface area contributed by atoms with Crippen LogP contribution in [0.25, 0.3) is 0 Å². The average molecular weight is 317 g/mol. The Morgan fingerprint density at radius 1 is 1.56 bits per heavy atom. The Balaban J connectivity index is 2.12. The molecule has 0 radical (unpaired) electrons. The molecule has 2 rings (SSSR count). The number of rotatable bonds is 4. The maximum atomic E-state index is 4.49. The Hall–Kier alpha value is -0.260. The first-order valence-corrected chi connectivity index (χ1v) is 7.74. The molecular formula is C11H13BrN2S2. The van der Waals surface area contributed by atoms with Gasteiger partial charge in [0.05, 0.1) is 20.1 Å². The molecule has 0 spiro atoms. The zero-order valence-electron chi connectivity index (χ0n) is 9.24. The van der Waals surface area contributed by atoms with Crippen LogP contribution in [0.2, 0.25) is 0 Å². The summed E-state index contributed by atoms with van der Waals surface area (Å²) in [6.07, 6.45) is 0.970. The van der Waals surface area contributed by atoms with Gasteiger partial charge in [-0.2, -0.15) is 5.10 Å². The minimum Gasteiger partial charge on any atom is -0.270 e. The number of hydrogen-bond acceptors (Lipinski definition) is 3. The van der Waals surface area contributed by atoms with Crippen LogP contribution in [0, 0.1) is 0 Å². The van der Waals surface area contributed by atoms with E-state index in [1.807, 2.05) is 23.5 Å². The number of nitrogens with zero attached hydrogens (tertiary/aromatic N) is 2. The maximum absolute atomic E-state index is 4.49. The summed E-state index contributed by atoms with van der Waals surface area (Å²) in [5.74, 6) is 0.963. The van der Waals surface area contributed by atoms with E-state index >= 15 is 0 Å². The molecule has 2 aromatic rings. The normalized spacial score (nSPS) is 10.9. The first-order valence-electron chi connectivity index (χ1n) is 5.09. The zero-order valence-corrected chi connectivity index (χ0v) is 12.5. The second-order valence-corrected chi connectivity index (χ2v) is 6.42. The highest BCUT2D eigenvalue weighted by atomic mass is 79.9. The van der Waals surface area contributed by atoms with Gasteiger partial charge < -0.3 is 0 Å². The first-order chi connectivity index (χ1) is 7.72. The summed E-state index contributed by atoms with van der Waals surface area (Å²) in [7, 11) is 2.01. The van der Waals surface area contributed by atoms with Crippen molar-refractivity contribution in [2.24, 2.45) is 7.05 Å². The van der Waals surface area contributed by atoms with Crippen molar-refractivity contribution in [1.82, 2.24) is 9.78 Å². The monoisotopic (exact) mass is 316 g/mol. The van der Waals surface area contributed by atoms with Gasteiger partial charge in [0.15, 0.2) is 0 Å². The summed E-state index contributed by atoms with van der Waals surface area (Å²) in [5, 5.41) is 6.60. The van der Waals surface area contributed by atoms with Crippen molar-refractivity contribution in [2.75, 3.05) is 0 Å². The highest BCUT2D eigenvalue weighted by molar-refractivity contribution is 9.10. The lowest BCUT2D eigenvalue weighted by Gasteiger charge is -2.01. The van der Waals surface area contributed by atoms with Crippen LogP contribution in [0.1, 0.15) is 18.3 Å². The Morgan fingerprint density at radius 3 is 2.94 bits per heavy atom. The van der Waals surface area contributed by atoms with Gasteiger partial charge in [-0.05, 0) is 33.8 Å². The Labute approximate surface area is 112 Å². The summed E-state index contributed by atoms with van der Waals surface area (Å²) in [6, 6.07) is 4.24. The third-order valence-corrected chi connectivity index (χ3v) is 5.41. The van der Waals surface area contributed by atoms with Crippen molar-refractivity contribution in [1.29, 1.82) is 0 Å². The number of aryl methyl sites for hydroxylation is 2. The number of halogens is 1. The van der Waals surface area contributed by atoms with Crippen LogP contribution in [-0.2, 0) is 19.2 Å². The van der Waals surface area contributed by atoms with Gasteiger partial charge in [-0.25, -0.2) is 0 Å². The fourth-order valence-corrected chi connectivity index (χ4v) is 4.25. The van der Waals surface area contributed by atoms with Gasteiger partial charge in [0.1, 0.15) is 0 Å². The molecule has 0 aliphatic heterocycles. The summed E-state index contributed by atoms with van der Waals surface area (Å²) in [6.45, 7) is 2.13. The lowest BCUT2D eigenvalue weighted by molar-refractivity contribution is 0.720. The lowest BCUT2D eigenvalue weighted by Crippen LogP contribution is -1.96. The van der Waals surface area contributed by atoms with Gasteiger partial charge in [-0.3, -0.25) is 4.68 Å². The summed E-state index contributed by atoms with van der Waals surface area (Å²) < 4.78 is 4.50. The van der Waals surface area contributed by atoms with E-state index in [2.05, 4.69) is 45.5 Å². The van der Waals surface area contributed by atoms with Crippen molar-refractivity contribution in [3.05, 3.63) is 33.4 Å². The summed E-state index contributed by atoms with van der Waals surface area (Å²) in [5.41, 5.74) is 2.40. The van der Waals surface area contributed by atoms with Crippen molar-refractivity contribution in [3.8, 4) is 0 Å². The van der Waals surface area contributed by atoms with Crippen molar-refractivity contribution in [3.63, 3.8) is 0 Å². The maximum Gasteiger partial charge on any atom is 0.0767 e. The van der Waals surface area contributed by atoms with Crippen LogP contribution in [0.3, 0.4) is 0 Å². The Morgan fingerprint density at radius 2 is 2.38 bits per heavy atom. The van der Waals surface area contributed by atoms with Crippen LogP contribution in [0.5, 0.6) is 0 Å². The molecule has 0 fully saturated rings. The van der Waals surface area contributed by atoms with E-state index in [-0.39, 0.29) is 0 Å². The molecule has 5 heteroatoms. The van der Waals surface area contributed by atoms with E-state index in [1.54, 1.807) is 11.3 Å². The van der Waals surface area contributed by atoms with Gasteiger partial charge >= 0.3 is 0 Å². The number of thiophene rings is 1. The van der Waals surface area contributed by atoms with E-state index in [1.165, 1.54) is 14.4 Å². The third kappa shape index (κ3) is 2.52. The van der Waals surface area contributed by atoms with Crippen LogP contribution >= 0.6 is 39.0 Å². The minimum atomic E-state index is 0.963. The lowest BCUT2D eigenvalue weighted by atomic mass is 10.3. The van der Waals surface area contributed by atoms with Crippen LogP contribution in [0.4, 0.5) is 0 Å².